The maximum Gasteiger partial charge on any atom is 0.330 e. The molecule has 0 radical (unpaired) electrons. The number of hydrogen-bond acceptors (Lipinski definition) is 3. The van der Waals surface area contributed by atoms with E-state index in [4.69, 9.17) is 4.74 Å². The molecule has 1 aromatic rings. The molecule has 21 heavy (non-hydrogen) atoms. The molecule has 1 amide bonds. The number of fused-ring (bicyclic) bond motifs is 1. The molecule has 5 heteroatoms. The number of benzene rings is 1. The van der Waals surface area contributed by atoms with Crippen molar-refractivity contribution >= 4 is 11.9 Å². The van der Waals surface area contributed by atoms with Gasteiger partial charge in [0.15, 0.2) is 6.04 Å². The lowest BCUT2D eigenvalue weighted by molar-refractivity contribution is -0.142. The molecule has 0 heterocycles. The fourth-order valence-electron chi connectivity index (χ4n) is 3.53. The summed E-state index contributed by atoms with van der Waals surface area (Å²) < 4.78 is 5.05. The molecule has 3 rings (SSSR count). The number of rotatable bonds is 5. The molecule has 3 unspecified atom stereocenters. The maximum absolute atomic E-state index is 12.2. The number of ether oxygens (including phenoxy) is 1. The molecular formula is C16H19NO4. The molecule has 0 aliphatic heterocycles. The highest BCUT2D eigenvalue weighted by molar-refractivity contribution is 5.88. The largest absolute Gasteiger partial charge is 0.497 e. The van der Waals surface area contributed by atoms with Gasteiger partial charge in [0.2, 0.25) is 5.91 Å². The molecule has 2 saturated carbocycles. The van der Waals surface area contributed by atoms with Crippen LogP contribution in [0.1, 0.15) is 30.9 Å². The Morgan fingerprint density at radius 1 is 1.24 bits per heavy atom. The SMILES string of the molecule is COc1ccc(C(NC(=O)C2C3CCCC32)C(=O)O)cc1. The monoisotopic (exact) mass is 289 g/mol. The van der Waals surface area contributed by atoms with Gasteiger partial charge in [-0.25, -0.2) is 4.79 Å². The molecule has 0 spiro atoms. The second-order valence-corrected chi connectivity index (χ2v) is 5.84. The standard InChI is InChI=1S/C16H19NO4/c1-21-10-7-5-9(6-8-10)14(16(19)20)17-15(18)13-11-3-2-4-12(11)13/h5-8,11-14H,2-4H2,1H3,(H,17,18)(H,19,20). The number of hydrogen-bond donors (Lipinski definition) is 2. The zero-order valence-corrected chi connectivity index (χ0v) is 11.9. The number of aliphatic carboxylic acids is 1. The first kappa shape index (κ1) is 13.9. The summed E-state index contributed by atoms with van der Waals surface area (Å²) in [5.41, 5.74) is 0.558. The summed E-state index contributed by atoms with van der Waals surface area (Å²) >= 11 is 0. The third kappa shape index (κ3) is 2.60. The summed E-state index contributed by atoms with van der Waals surface area (Å²) in [5.74, 6) is 0.489. The van der Waals surface area contributed by atoms with Gasteiger partial charge in [-0.05, 0) is 42.4 Å². The van der Waals surface area contributed by atoms with Crippen molar-refractivity contribution in [1.29, 1.82) is 0 Å². The van der Waals surface area contributed by atoms with E-state index in [9.17, 15) is 14.7 Å². The Morgan fingerprint density at radius 2 is 1.86 bits per heavy atom. The van der Waals surface area contributed by atoms with Crippen LogP contribution in [0.15, 0.2) is 24.3 Å². The van der Waals surface area contributed by atoms with Crippen molar-refractivity contribution in [3.05, 3.63) is 29.8 Å². The minimum Gasteiger partial charge on any atom is -0.497 e. The van der Waals surface area contributed by atoms with E-state index in [2.05, 4.69) is 5.32 Å². The number of nitrogens with one attached hydrogen (secondary N) is 1. The molecule has 5 nitrogen and oxygen atoms in total. The third-order valence-electron chi connectivity index (χ3n) is 4.69. The number of carboxylic acids is 1. The normalized spacial score (nSPS) is 27.6. The van der Waals surface area contributed by atoms with Crippen LogP contribution < -0.4 is 10.1 Å². The molecule has 112 valence electrons. The highest BCUT2D eigenvalue weighted by atomic mass is 16.5. The maximum atomic E-state index is 12.2. The first-order valence-electron chi connectivity index (χ1n) is 7.29. The smallest absolute Gasteiger partial charge is 0.330 e. The van der Waals surface area contributed by atoms with Crippen molar-refractivity contribution in [2.75, 3.05) is 7.11 Å². The summed E-state index contributed by atoms with van der Waals surface area (Å²) in [7, 11) is 1.55. The highest BCUT2D eigenvalue weighted by Crippen LogP contribution is 2.57. The van der Waals surface area contributed by atoms with Gasteiger partial charge in [0, 0.05) is 5.92 Å². The van der Waals surface area contributed by atoms with Gasteiger partial charge in [-0.2, -0.15) is 0 Å². The van der Waals surface area contributed by atoms with Crippen LogP contribution in [0.25, 0.3) is 0 Å². The van der Waals surface area contributed by atoms with E-state index in [0.717, 1.165) is 12.8 Å². The first-order chi connectivity index (χ1) is 10.1. The average molecular weight is 289 g/mol. The zero-order chi connectivity index (χ0) is 15.0. The van der Waals surface area contributed by atoms with Crippen LogP contribution in [-0.2, 0) is 9.59 Å². The molecule has 0 bridgehead atoms. The van der Waals surface area contributed by atoms with Crippen molar-refractivity contribution < 1.29 is 19.4 Å². The predicted octanol–water partition coefficient (Wildman–Crippen LogP) is 1.98. The molecular weight excluding hydrogens is 270 g/mol. The van der Waals surface area contributed by atoms with Crippen molar-refractivity contribution in [3.8, 4) is 5.75 Å². The van der Waals surface area contributed by atoms with Crippen LogP contribution in [0.4, 0.5) is 0 Å². The lowest BCUT2D eigenvalue weighted by Crippen LogP contribution is -2.35. The van der Waals surface area contributed by atoms with Crippen molar-refractivity contribution in [1.82, 2.24) is 5.32 Å². The van der Waals surface area contributed by atoms with E-state index in [1.807, 2.05) is 0 Å². The zero-order valence-electron chi connectivity index (χ0n) is 11.9. The van der Waals surface area contributed by atoms with Crippen LogP contribution in [0.5, 0.6) is 5.75 Å². The van der Waals surface area contributed by atoms with Crippen molar-refractivity contribution in [2.24, 2.45) is 17.8 Å². The van der Waals surface area contributed by atoms with E-state index in [-0.39, 0.29) is 11.8 Å². The fraction of sp³-hybridized carbons (Fsp3) is 0.500. The van der Waals surface area contributed by atoms with Crippen LogP contribution in [0.3, 0.4) is 0 Å². The lowest BCUT2D eigenvalue weighted by atomic mass is 10.1. The minimum absolute atomic E-state index is 0.0267. The Bertz CT molecular complexity index is 544. The van der Waals surface area contributed by atoms with Crippen molar-refractivity contribution in [3.63, 3.8) is 0 Å². The Labute approximate surface area is 123 Å². The van der Waals surface area contributed by atoms with Gasteiger partial charge in [0.05, 0.1) is 7.11 Å². The average Bonchev–Trinajstić information content (AvgIpc) is 2.97. The molecule has 2 fully saturated rings. The second-order valence-electron chi connectivity index (χ2n) is 5.84. The molecule has 3 atom stereocenters. The number of carbonyl (C=O) groups is 2. The van der Waals surface area contributed by atoms with Gasteiger partial charge >= 0.3 is 5.97 Å². The molecule has 0 saturated heterocycles. The van der Waals surface area contributed by atoms with E-state index in [1.54, 1.807) is 31.4 Å². The van der Waals surface area contributed by atoms with Gasteiger partial charge in [-0.1, -0.05) is 18.6 Å². The second kappa shape index (κ2) is 5.39. The summed E-state index contributed by atoms with van der Waals surface area (Å²) in [6.07, 6.45) is 3.39. The van der Waals surface area contributed by atoms with E-state index >= 15 is 0 Å². The fourth-order valence-corrected chi connectivity index (χ4v) is 3.53. The van der Waals surface area contributed by atoms with Crippen LogP contribution in [0, 0.1) is 17.8 Å². The lowest BCUT2D eigenvalue weighted by Gasteiger charge is -2.16. The number of amides is 1. The molecule has 1 aromatic carbocycles. The van der Waals surface area contributed by atoms with Crippen LogP contribution in [0.2, 0.25) is 0 Å². The number of carbonyl (C=O) groups excluding carboxylic acids is 1. The highest BCUT2D eigenvalue weighted by Gasteiger charge is 2.56. The molecule has 2 aliphatic rings. The number of methoxy groups -OCH3 is 1. The van der Waals surface area contributed by atoms with E-state index < -0.39 is 12.0 Å². The van der Waals surface area contributed by atoms with Gasteiger partial charge in [0.1, 0.15) is 5.75 Å². The van der Waals surface area contributed by atoms with E-state index in [1.165, 1.54) is 6.42 Å². The molecule has 2 N–H and O–H groups in total. The molecule has 0 aromatic heterocycles. The Kier molecular flexibility index (Phi) is 3.57. The third-order valence-corrected chi connectivity index (χ3v) is 4.69. The summed E-state index contributed by atoms with van der Waals surface area (Å²) in [6, 6.07) is 5.74. The van der Waals surface area contributed by atoms with Crippen LogP contribution >= 0.6 is 0 Å². The summed E-state index contributed by atoms with van der Waals surface area (Å²) in [6.45, 7) is 0. The van der Waals surface area contributed by atoms with Crippen molar-refractivity contribution in [2.45, 2.75) is 25.3 Å². The Hall–Kier alpha value is -2.04. The van der Waals surface area contributed by atoms with E-state index in [0.29, 0.717) is 23.1 Å². The summed E-state index contributed by atoms with van der Waals surface area (Å²) in [5, 5.41) is 12.0. The van der Waals surface area contributed by atoms with Crippen LogP contribution in [-0.4, -0.2) is 24.1 Å². The Morgan fingerprint density at radius 3 is 2.38 bits per heavy atom. The van der Waals surface area contributed by atoms with Gasteiger partial charge in [0.25, 0.3) is 0 Å². The quantitative estimate of drug-likeness (QED) is 0.869. The van der Waals surface area contributed by atoms with Gasteiger partial charge in [-0.15, -0.1) is 0 Å². The van der Waals surface area contributed by atoms with Gasteiger partial charge in [-0.3, -0.25) is 4.79 Å². The first-order valence-corrected chi connectivity index (χ1v) is 7.29. The summed E-state index contributed by atoms with van der Waals surface area (Å²) in [4.78, 5) is 23.7. The number of carboxylic acid groups (broad SMARTS) is 1. The topological polar surface area (TPSA) is 75.6 Å². The molecule has 2 aliphatic carbocycles. The van der Waals surface area contributed by atoms with Gasteiger partial charge < -0.3 is 15.2 Å². The predicted molar refractivity (Wildman–Crippen MR) is 75.8 cm³/mol. The Balaban J connectivity index is 1.69. The minimum atomic E-state index is -1.04.